The Balaban J connectivity index is 1.91. The Bertz CT molecular complexity index is 533. The van der Waals surface area contributed by atoms with Gasteiger partial charge in [-0.2, -0.15) is 5.10 Å². The largest absolute Gasteiger partial charge is 0.309 e. The Morgan fingerprint density at radius 1 is 1.21 bits per heavy atom. The lowest BCUT2D eigenvalue weighted by Gasteiger charge is -2.11. The quantitative estimate of drug-likeness (QED) is 0.879. The Labute approximate surface area is 114 Å². The van der Waals surface area contributed by atoms with Crippen LogP contribution in [-0.2, 0) is 0 Å². The van der Waals surface area contributed by atoms with Gasteiger partial charge in [0.05, 0.1) is 11.9 Å². The SMILES string of the molecule is CC(C)c1ccc(-c2cn[nH]c2C2CCCN2)cc1. The zero-order valence-electron chi connectivity index (χ0n) is 11.6. The summed E-state index contributed by atoms with van der Waals surface area (Å²) in [6, 6.07) is 9.29. The van der Waals surface area contributed by atoms with E-state index in [4.69, 9.17) is 0 Å². The summed E-state index contributed by atoms with van der Waals surface area (Å²) in [5.74, 6) is 0.578. The number of rotatable bonds is 3. The van der Waals surface area contributed by atoms with Crippen LogP contribution in [-0.4, -0.2) is 16.7 Å². The van der Waals surface area contributed by atoms with Gasteiger partial charge in [0.1, 0.15) is 0 Å². The maximum Gasteiger partial charge on any atom is 0.0599 e. The van der Waals surface area contributed by atoms with Crippen LogP contribution in [0.25, 0.3) is 11.1 Å². The first kappa shape index (κ1) is 12.4. The van der Waals surface area contributed by atoms with Gasteiger partial charge in [0.15, 0.2) is 0 Å². The predicted octanol–water partition coefficient (Wildman–Crippen LogP) is 3.62. The number of aromatic nitrogens is 2. The molecule has 0 bridgehead atoms. The van der Waals surface area contributed by atoms with Crippen molar-refractivity contribution in [2.75, 3.05) is 6.54 Å². The third kappa shape index (κ3) is 2.43. The van der Waals surface area contributed by atoms with Gasteiger partial charge in [-0.15, -0.1) is 0 Å². The summed E-state index contributed by atoms with van der Waals surface area (Å²) in [6.07, 6.45) is 4.38. The second-order valence-electron chi connectivity index (χ2n) is 5.62. The summed E-state index contributed by atoms with van der Waals surface area (Å²) in [6.45, 7) is 5.55. The van der Waals surface area contributed by atoms with Crippen LogP contribution in [0.1, 0.15) is 49.9 Å². The summed E-state index contributed by atoms with van der Waals surface area (Å²) in [4.78, 5) is 0. The summed E-state index contributed by atoms with van der Waals surface area (Å²) in [5, 5.41) is 10.9. The molecule has 1 fully saturated rings. The van der Waals surface area contributed by atoms with Crippen molar-refractivity contribution in [2.45, 2.75) is 38.6 Å². The molecule has 3 rings (SSSR count). The Kier molecular flexibility index (Phi) is 3.38. The van der Waals surface area contributed by atoms with Gasteiger partial charge in [0.2, 0.25) is 0 Å². The number of aromatic amines is 1. The van der Waals surface area contributed by atoms with E-state index in [1.54, 1.807) is 0 Å². The highest BCUT2D eigenvalue weighted by molar-refractivity contribution is 5.66. The number of nitrogens with one attached hydrogen (secondary N) is 2. The normalized spacial score (nSPS) is 19.2. The maximum atomic E-state index is 4.24. The second-order valence-corrected chi connectivity index (χ2v) is 5.62. The maximum absolute atomic E-state index is 4.24. The second kappa shape index (κ2) is 5.17. The molecule has 0 amide bonds. The van der Waals surface area contributed by atoms with Crippen LogP contribution in [0.2, 0.25) is 0 Å². The van der Waals surface area contributed by atoms with Crippen molar-refractivity contribution >= 4 is 0 Å². The van der Waals surface area contributed by atoms with Crippen LogP contribution in [0, 0.1) is 0 Å². The van der Waals surface area contributed by atoms with E-state index in [2.05, 4.69) is 53.6 Å². The average molecular weight is 255 g/mol. The van der Waals surface area contributed by atoms with Crippen molar-refractivity contribution in [1.29, 1.82) is 0 Å². The minimum absolute atomic E-state index is 0.433. The highest BCUT2D eigenvalue weighted by atomic mass is 15.1. The van der Waals surface area contributed by atoms with E-state index in [0.717, 1.165) is 6.54 Å². The van der Waals surface area contributed by atoms with Crippen LogP contribution >= 0.6 is 0 Å². The molecule has 1 saturated heterocycles. The molecule has 1 unspecified atom stereocenters. The minimum atomic E-state index is 0.433. The van der Waals surface area contributed by atoms with Crippen molar-refractivity contribution in [2.24, 2.45) is 0 Å². The van der Waals surface area contributed by atoms with Crippen LogP contribution in [0.5, 0.6) is 0 Å². The van der Waals surface area contributed by atoms with Crippen LogP contribution in [0.4, 0.5) is 0 Å². The molecule has 1 aromatic heterocycles. The molecular formula is C16H21N3. The summed E-state index contributed by atoms with van der Waals surface area (Å²) in [5.41, 5.74) is 5.10. The number of H-pyrrole nitrogens is 1. The average Bonchev–Trinajstić information content (AvgIpc) is 3.09. The molecule has 19 heavy (non-hydrogen) atoms. The van der Waals surface area contributed by atoms with E-state index in [9.17, 15) is 0 Å². The Morgan fingerprint density at radius 3 is 2.63 bits per heavy atom. The fourth-order valence-corrected chi connectivity index (χ4v) is 2.77. The third-order valence-electron chi connectivity index (χ3n) is 3.97. The van der Waals surface area contributed by atoms with Gasteiger partial charge in [0.25, 0.3) is 0 Å². The standard InChI is InChI=1S/C16H21N3/c1-11(2)12-5-7-13(8-6-12)14-10-18-19-16(14)15-4-3-9-17-15/h5-8,10-11,15,17H,3-4,9H2,1-2H3,(H,18,19). The van der Waals surface area contributed by atoms with Gasteiger partial charge in [-0.1, -0.05) is 38.1 Å². The van der Waals surface area contributed by atoms with Crippen LogP contribution in [0.15, 0.2) is 30.5 Å². The molecule has 2 heterocycles. The smallest absolute Gasteiger partial charge is 0.0599 e. The lowest BCUT2D eigenvalue weighted by Crippen LogP contribution is -2.14. The first-order valence-corrected chi connectivity index (χ1v) is 7.12. The van der Waals surface area contributed by atoms with Crippen molar-refractivity contribution in [3.8, 4) is 11.1 Å². The fraction of sp³-hybridized carbons (Fsp3) is 0.438. The van der Waals surface area contributed by atoms with Crippen molar-refractivity contribution in [3.63, 3.8) is 0 Å². The number of benzene rings is 1. The third-order valence-corrected chi connectivity index (χ3v) is 3.97. The molecule has 2 aromatic rings. The summed E-state index contributed by atoms with van der Waals surface area (Å²) in [7, 11) is 0. The zero-order valence-corrected chi connectivity index (χ0v) is 11.6. The number of hydrogen-bond acceptors (Lipinski definition) is 2. The van der Waals surface area contributed by atoms with Gasteiger partial charge in [-0.3, -0.25) is 5.10 Å². The van der Waals surface area contributed by atoms with Gasteiger partial charge in [-0.25, -0.2) is 0 Å². The van der Waals surface area contributed by atoms with E-state index in [1.165, 1.54) is 35.2 Å². The molecule has 1 atom stereocenters. The van der Waals surface area contributed by atoms with Gasteiger partial charge < -0.3 is 5.32 Å². The Hall–Kier alpha value is -1.61. The summed E-state index contributed by atoms with van der Waals surface area (Å²) < 4.78 is 0. The number of hydrogen-bond donors (Lipinski definition) is 2. The Morgan fingerprint density at radius 2 is 2.00 bits per heavy atom. The van der Waals surface area contributed by atoms with E-state index >= 15 is 0 Å². The predicted molar refractivity (Wildman–Crippen MR) is 78.1 cm³/mol. The zero-order chi connectivity index (χ0) is 13.2. The molecular weight excluding hydrogens is 234 g/mol. The van der Waals surface area contributed by atoms with E-state index in [-0.39, 0.29) is 0 Å². The van der Waals surface area contributed by atoms with E-state index in [1.807, 2.05) is 6.20 Å². The van der Waals surface area contributed by atoms with E-state index < -0.39 is 0 Å². The van der Waals surface area contributed by atoms with Crippen LogP contribution < -0.4 is 5.32 Å². The molecule has 1 aromatic carbocycles. The molecule has 1 aliphatic rings. The van der Waals surface area contributed by atoms with E-state index in [0.29, 0.717) is 12.0 Å². The molecule has 1 aliphatic heterocycles. The lowest BCUT2D eigenvalue weighted by molar-refractivity contribution is 0.626. The summed E-state index contributed by atoms with van der Waals surface area (Å²) >= 11 is 0. The highest BCUT2D eigenvalue weighted by Crippen LogP contribution is 2.31. The molecule has 0 saturated carbocycles. The first-order chi connectivity index (χ1) is 9.25. The molecule has 3 heteroatoms. The van der Waals surface area contributed by atoms with Crippen molar-refractivity contribution in [1.82, 2.24) is 15.5 Å². The van der Waals surface area contributed by atoms with Gasteiger partial charge in [0, 0.05) is 11.6 Å². The molecule has 2 N–H and O–H groups in total. The van der Waals surface area contributed by atoms with Gasteiger partial charge in [-0.05, 0) is 36.4 Å². The molecule has 3 nitrogen and oxygen atoms in total. The molecule has 100 valence electrons. The number of nitrogens with zero attached hydrogens (tertiary/aromatic N) is 1. The van der Waals surface area contributed by atoms with Crippen molar-refractivity contribution in [3.05, 3.63) is 41.7 Å². The topological polar surface area (TPSA) is 40.7 Å². The minimum Gasteiger partial charge on any atom is -0.309 e. The van der Waals surface area contributed by atoms with Crippen LogP contribution in [0.3, 0.4) is 0 Å². The van der Waals surface area contributed by atoms with Gasteiger partial charge >= 0.3 is 0 Å². The monoisotopic (exact) mass is 255 g/mol. The molecule has 0 radical (unpaired) electrons. The molecule has 0 aliphatic carbocycles. The molecule has 0 spiro atoms. The fourth-order valence-electron chi connectivity index (χ4n) is 2.77. The highest BCUT2D eigenvalue weighted by Gasteiger charge is 2.21. The first-order valence-electron chi connectivity index (χ1n) is 7.12. The lowest BCUT2D eigenvalue weighted by atomic mass is 9.97. The van der Waals surface area contributed by atoms with Crippen molar-refractivity contribution < 1.29 is 0 Å².